The van der Waals surface area contributed by atoms with Gasteiger partial charge in [-0.3, -0.25) is 9.69 Å². The highest BCUT2D eigenvalue weighted by molar-refractivity contribution is 5.78. The molecule has 0 bridgehead atoms. The normalized spacial score (nSPS) is 22.6. The molecule has 3 atom stereocenters. The van der Waals surface area contributed by atoms with E-state index in [4.69, 9.17) is 0 Å². The van der Waals surface area contributed by atoms with Crippen LogP contribution in [0.4, 0.5) is 9.18 Å². The van der Waals surface area contributed by atoms with Gasteiger partial charge in [-0.25, -0.2) is 9.18 Å². The molecule has 7 heteroatoms. The molecule has 6 nitrogen and oxygen atoms in total. The molecule has 170 valence electrons. The molecule has 2 aliphatic rings. The second kappa shape index (κ2) is 9.69. The largest absolute Gasteiger partial charge is 0.355 e. The maximum Gasteiger partial charge on any atom is 0.320 e. The van der Waals surface area contributed by atoms with Crippen LogP contribution in [0.3, 0.4) is 0 Å². The molecule has 0 aliphatic carbocycles. The average Bonchev–Trinajstić information content (AvgIpc) is 3.30. The summed E-state index contributed by atoms with van der Waals surface area (Å²) in [5.74, 6) is 0.169. The van der Waals surface area contributed by atoms with Gasteiger partial charge in [0.2, 0.25) is 5.91 Å². The summed E-state index contributed by atoms with van der Waals surface area (Å²) in [6.45, 7) is 3.06. The quantitative estimate of drug-likeness (QED) is 0.755. The summed E-state index contributed by atoms with van der Waals surface area (Å²) in [4.78, 5) is 30.9. The summed E-state index contributed by atoms with van der Waals surface area (Å²) in [5.41, 5.74) is 2.02. The number of halogens is 1. The minimum Gasteiger partial charge on any atom is -0.355 e. The fourth-order valence-corrected chi connectivity index (χ4v) is 5.09. The zero-order valence-electron chi connectivity index (χ0n) is 18.7. The van der Waals surface area contributed by atoms with Gasteiger partial charge in [-0.05, 0) is 35.6 Å². The lowest BCUT2D eigenvalue weighted by Gasteiger charge is -2.31. The first-order chi connectivity index (χ1) is 15.4. The molecule has 0 saturated carbocycles. The molecule has 0 aromatic heterocycles. The Morgan fingerprint density at radius 2 is 1.84 bits per heavy atom. The highest BCUT2D eigenvalue weighted by atomic mass is 19.1. The number of benzene rings is 2. The van der Waals surface area contributed by atoms with E-state index in [2.05, 4.69) is 22.3 Å². The maximum atomic E-state index is 14.0. The number of likely N-dealkylation sites (tertiary alicyclic amines) is 2. The summed E-state index contributed by atoms with van der Waals surface area (Å²) < 4.78 is 14.0. The molecule has 2 fully saturated rings. The van der Waals surface area contributed by atoms with E-state index in [1.165, 1.54) is 17.7 Å². The SMILES string of the molecule is CN(C)C(=O)N1C[C@H]2CN(CC(=O)NCCc3ccccc3)C[C@H]2[C@@H]1c1cccc(F)c1. The molecule has 2 saturated heterocycles. The molecule has 2 aromatic rings. The van der Waals surface area contributed by atoms with Gasteiger partial charge in [0.1, 0.15) is 5.82 Å². The first-order valence-electron chi connectivity index (χ1n) is 11.2. The standard InChI is InChI=1S/C25H31FN4O2/c1-28(2)25(32)30-15-20-14-29(16-22(20)24(30)19-9-6-10-21(26)13-19)17-23(31)27-12-11-18-7-4-3-5-8-18/h3-10,13,20,22,24H,11-12,14-17H2,1-2H3,(H,27,31)/t20-,22-,24+/m1/s1. The molecule has 4 rings (SSSR count). The van der Waals surface area contributed by atoms with Crippen molar-refractivity contribution in [3.63, 3.8) is 0 Å². The van der Waals surface area contributed by atoms with Crippen LogP contribution >= 0.6 is 0 Å². The molecule has 0 unspecified atom stereocenters. The molecular formula is C25H31FN4O2. The van der Waals surface area contributed by atoms with Gasteiger partial charge in [-0.15, -0.1) is 0 Å². The summed E-state index contributed by atoms with van der Waals surface area (Å²) in [6.07, 6.45) is 0.807. The fraction of sp³-hybridized carbons (Fsp3) is 0.440. The van der Waals surface area contributed by atoms with Gasteiger partial charge in [0.05, 0.1) is 12.6 Å². The Morgan fingerprint density at radius 1 is 1.06 bits per heavy atom. The van der Waals surface area contributed by atoms with E-state index in [0.29, 0.717) is 19.6 Å². The van der Waals surface area contributed by atoms with E-state index in [1.54, 1.807) is 25.1 Å². The number of amides is 3. The van der Waals surface area contributed by atoms with Gasteiger partial charge in [0.25, 0.3) is 0 Å². The Labute approximate surface area is 189 Å². The van der Waals surface area contributed by atoms with Crippen molar-refractivity contribution in [2.24, 2.45) is 11.8 Å². The van der Waals surface area contributed by atoms with Crippen LogP contribution in [-0.4, -0.2) is 73.5 Å². The Hall–Kier alpha value is -2.93. The summed E-state index contributed by atoms with van der Waals surface area (Å²) in [5, 5.41) is 3.01. The number of urea groups is 1. The van der Waals surface area contributed by atoms with Gasteiger partial charge < -0.3 is 15.1 Å². The summed E-state index contributed by atoms with van der Waals surface area (Å²) in [6, 6.07) is 16.4. The molecule has 3 amide bonds. The van der Waals surface area contributed by atoms with Crippen LogP contribution in [0, 0.1) is 17.7 Å². The van der Waals surface area contributed by atoms with E-state index >= 15 is 0 Å². The monoisotopic (exact) mass is 438 g/mol. The van der Waals surface area contributed by atoms with E-state index in [0.717, 1.165) is 25.1 Å². The second-order valence-corrected chi connectivity index (χ2v) is 9.03. The van der Waals surface area contributed by atoms with Crippen LogP contribution in [0.2, 0.25) is 0 Å². The minimum atomic E-state index is -0.296. The molecule has 0 radical (unpaired) electrons. The van der Waals surface area contributed by atoms with Crippen LogP contribution < -0.4 is 5.32 Å². The number of carbonyl (C=O) groups is 2. The van der Waals surface area contributed by atoms with Crippen molar-refractivity contribution < 1.29 is 14.0 Å². The number of nitrogens with one attached hydrogen (secondary N) is 1. The third kappa shape index (κ3) is 4.93. The predicted octanol–water partition coefficient (Wildman–Crippen LogP) is 2.77. The van der Waals surface area contributed by atoms with Crippen molar-refractivity contribution in [3.05, 3.63) is 71.5 Å². The van der Waals surface area contributed by atoms with Crippen molar-refractivity contribution >= 4 is 11.9 Å². The number of hydrogen-bond donors (Lipinski definition) is 1. The Kier molecular flexibility index (Phi) is 6.74. The average molecular weight is 439 g/mol. The summed E-state index contributed by atoms with van der Waals surface area (Å²) in [7, 11) is 3.48. The Bertz CT molecular complexity index is 952. The van der Waals surface area contributed by atoms with Crippen LogP contribution in [0.25, 0.3) is 0 Å². The smallest absolute Gasteiger partial charge is 0.320 e. The minimum absolute atomic E-state index is 0.0180. The second-order valence-electron chi connectivity index (χ2n) is 9.03. The predicted molar refractivity (Wildman–Crippen MR) is 122 cm³/mol. The zero-order chi connectivity index (χ0) is 22.7. The van der Waals surface area contributed by atoms with Crippen LogP contribution in [0.15, 0.2) is 54.6 Å². The first kappa shape index (κ1) is 22.3. The molecule has 0 spiro atoms. The lowest BCUT2D eigenvalue weighted by atomic mass is 9.89. The number of hydrogen-bond acceptors (Lipinski definition) is 3. The lowest BCUT2D eigenvalue weighted by molar-refractivity contribution is -0.122. The van der Waals surface area contributed by atoms with Crippen LogP contribution in [-0.2, 0) is 11.2 Å². The fourth-order valence-electron chi connectivity index (χ4n) is 5.09. The van der Waals surface area contributed by atoms with Crippen molar-refractivity contribution in [1.82, 2.24) is 20.0 Å². The van der Waals surface area contributed by atoms with Gasteiger partial charge in [-0.2, -0.15) is 0 Å². The molecule has 2 aromatic carbocycles. The Morgan fingerprint density at radius 3 is 2.56 bits per heavy atom. The third-order valence-corrected chi connectivity index (χ3v) is 6.50. The zero-order valence-corrected chi connectivity index (χ0v) is 18.7. The third-order valence-electron chi connectivity index (χ3n) is 6.50. The molecule has 32 heavy (non-hydrogen) atoms. The van der Waals surface area contributed by atoms with Gasteiger partial charge in [-0.1, -0.05) is 42.5 Å². The molecular weight excluding hydrogens is 407 g/mol. The van der Waals surface area contributed by atoms with Gasteiger partial charge in [0, 0.05) is 46.2 Å². The number of nitrogens with zero attached hydrogens (tertiary/aromatic N) is 3. The summed E-state index contributed by atoms with van der Waals surface area (Å²) >= 11 is 0. The van der Waals surface area contributed by atoms with Gasteiger partial charge >= 0.3 is 6.03 Å². The first-order valence-corrected chi connectivity index (χ1v) is 11.2. The van der Waals surface area contributed by atoms with Crippen molar-refractivity contribution in [3.8, 4) is 0 Å². The van der Waals surface area contributed by atoms with Gasteiger partial charge in [0.15, 0.2) is 0 Å². The highest BCUT2D eigenvalue weighted by Gasteiger charge is 2.49. The molecule has 2 aliphatic heterocycles. The lowest BCUT2D eigenvalue weighted by Crippen LogP contribution is -2.42. The number of fused-ring (bicyclic) bond motifs is 1. The van der Waals surface area contributed by atoms with E-state index in [-0.39, 0.29) is 35.6 Å². The topological polar surface area (TPSA) is 55.9 Å². The van der Waals surface area contributed by atoms with E-state index in [9.17, 15) is 14.0 Å². The number of carbonyl (C=O) groups excluding carboxylic acids is 2. The van der Waals surface area contributed by atoms with Crippen molar-refractivity contribution in [2.75, 3.05) is 46.8 Å². The number of rotatable bonds is 6. The van der Waals surface area contributed by atoms with Crippen molar-refractivity contribution in [1.29, 1.82) is 0 Å². The van der Waals surface area contributed by atoms with Crippen LogP contribution in [0.5, 0.6) is 0 Å². The maximum absolute atomic E-state index is 14.0. The molecule has 1 N–H and O–H groups in total. The molecule has 2 heterocycles. The van der Waals surface area contributed by atoms with Crippen LogP contribution in [0.1, 0.15) is 17.2 Å². The van der Waals surface area contributed by atoms with E-state index < -0.39 is 0 Å². The highest BCUT2D eigenvalue weighted by Crippen LogP contribution is 2.45. The van der Waals surface area contributed by atoms with E-state index in [1.807, 2.05) is 29.2 Å². The Balaban J connectivity index is 1.38. The van der Waals surface area contributed by atoms with Crippen molar-refractivity contribution in [2.45, 2.75) is 12.5 Å².